The van der Waals surface area contributed by atoms with Gasteiger partial charge in [0.05, 0.1) is 16.1 Å². The lowest BCUT2D eigenvalue weighted by Gasteiger charge is -2.07. The summed E-state index contributed by atoms with van der Waals surface area (Å²) in [5.41, 5.74) is 3.32. The summed E-state index contributed by atoms with van der Waals surface area (Å²) in [6.45, 7) is 0. The molecule has 0 atom stereocenters. The van der Waals surface area contributed by atoms with E-state index in [2.05, 4.69) is 16.0 Å². The predicted molar refractivity (Wildman–Crippen MR) is 77.7 cm³/mol. The molecule has 4 rings (SSSR count). The van der Waals surface area contributed by atoms with Crippen LogP contribution in [-0.2, 0) is 0 Å². The van der Waals surface area contributed by atoms with Crippen molar-refractivity contribution in [3.8, 4) is 6.07 Å². The van der Waals surface area contributed by atoms with Gasteiger partial charge in [0.2, 0.25) is 0 Å². The first-order valence-electron chi connectivity index (χ1n) is 6.05. The molecule has 1 aromatic carbocycles. The summed E-state index contributed by atoms with van der Waals surface area (Å²) in [6.07, 6.45) is 1.69. The zero-order valence-electron chi connectivity index (χ0n) is 10.2. The van der Waals surface area contributed by atoms with Crippen molar-refractivity contribution in [3.05, 3.63) is 53.2 Å². The second-order valence-corrected chi connectivity index (χ2v) is 4.81. The number of halogens is 1. The van der Waals surface area contributed by atoms with Crippen molar-refractivity contribution in [2.24, 2.45) is 0 Å². The molecule has 94 valence electrons. The van der Waals surface area contributed by atoms with Crippen LogP contribution in [-0.4, -0.2) is 14.4 Å². The molecule has 5 heteroatoms. The van der Waals surface area contributed by atoms with Gasteiger partial charge < -0.3 is 0 Å². The number of imidazole rings is 1. The smallest absolute Gasteiger partial charge is 0.178 e. The highest BCUT2D eigenvalue weighted by Crippen LogP contribution is 2.32. The van der Waals surface area contributed by atoms with Crippen molar-refractivity contribution >= 4 is 39.3 Å². The number of nitriles is 1. The van der Waals surface area contributed by atoms with Crippen LogP contribution in [0.4, 0.5) is 0 Å². The second kappa shape index (κ2) is 3.92. The van der Waals surface area contributed by atoms with Crippen molar-refractivity contribution in [3.63, 3.8) is 0 Å². The molecule has 20 heavy (non-hydrogen) atoms. The summed E-state index contributed by atoms with van der Waals surface area (Å²) in [5, 5.41) is 10.7. The summed E-state index contributed by atoms with van der Waals surface area (Å²) in [4.78, 5) is 8.69. The number of aromatic nitrogens is 3. The third-order valence-corrected chi connectivity index (χ3v) is 3.76. The molecule has 0 saturated heterocycles. The molecule has 0 spiro atoms. The van der Waals surface area contributed by atoms with Crippen LogP contribution in [0, 0.1) is 11.3 Å². The maximum atomic E-state index is 9.39. The number of para-hydroxylation sites is 1. The van der Waals surface area contributed by atoms with Gasteiger partial charge in [-0.1, -0.05) is 29.8 Å². The molecule has 0 unspecified atom stereocenters. The van der Waals surface area contributed by atoms with Gasteiger partial charge in [-0.05, 0) is 18.2 Å². The van der Waals surface area contributed by atoms with Crippen LogP contribution in [0.25, 0.3) is 27.7 Å². The monoisotopic (exact) mass is 278 g/mol. The molecule has 4 nitrogen and oxygen atoms in total. The Balaban J connectivity index is 2.44. The van der Waals surface area contributed by atoms with Crippen LogP contribution in [0.3, 0.4) is 0 Å². The molecule has 0 N–H and O–H groups in total. The normalized spacial score (nSPS) is 11.2. The fraction of sp³-hybridized carbons (Fsp3) is 0. The summed E-state index contributed by atoms with van der Waals surface area (Å²) in [5.74, 6) is 0. The van der Waals surface area contributed by atoms with Crippen LogP contribution in [0.15, 0.2) is 42.6 Å². The van der Waals surface area contributed by atoms with Gasteiger partial charge in [0.15, 0.2) is 11.3 Å². The Labute approximate surface area is 118 Å². The number of nitrogens with zero attached hydrogens (tertiary/aromatic N) is 4. The number of rotatable bonds is 0. The molecule has 0 aliphatic carbocycles. The van der Waals surface area contributed by atoms with E-state index in [0.717, 1.165) is 16.4 Å². The number of hydrogen-bond acceptors (Lipinski definition) is 3. The fourth-order valence-corrected chi connectivity index (χ4v) is 2.80. The Hall–Kier alpha value is -2.64. The number of fused-ring (bicyclic) bond motifs is 5. The molecular formula is C15H7ClN4. The Morgan fingerprint density at radius 2 is 1.90 bits per heavy atom. The van der Waals surface area contributed by atoms with Gasteiger partial charge in [-0.25, -0.2) is 9.97 Å². The third-order valence-electron chi connectivity index (χ3n) is 3.37. The van der Waals surface area contributed by atoms with Crippen molar-refractivity contribution in [2.75, 3.05) is 0 Å². The average Bonchev–Trinajstić information content (AvgIpc) is 2.87. The minimum Gasteiger partial charge on any atom is -0.289 e. The number of benzene rings is 1. The molecule has 0 aliphatic rings. The molecule has 3 heterocycles. The van der Waals surface area contributed by atoms with Crippen molar-refractivity contribution in [2.45, 2.75) is 0 Å². The topological polar surface area (TPSA) is 54.0 Å². The largest absolute Gasteiger partial charge is 0.289 e. The average molecular weight is 279 g/mol. The minimum absolute atomic E-state index is 0.378. The highest BCUT2D eigenvalue weighted by Gasteiger charge is 2.16. The van der Waals surface area contributed by atoms with Crippen molar-refractivity contribution in [1.82, 2.24) is 14.4 Å². The lowest BCUT2D eigenvalue weighted by Crippen LogP contribution is -1.93. The van der Waals surface area contributed by atoms with Gasteiger partial charge in [-0.3, -0.25) is 4.40 Å². The van der Waals surface area contributed by atoms with E-state index in [-0.39, 0.29) is 0 Å². The van der Waals surface area contributed by atoms with Crippen LogP contribution < -0.4 is 0 Å². The maximum Gasteiger partial charge on any atom is 0.178 e. The van der Waals surface area contributed by atoms with Crippen LogP contribution in [0.1, 0.15) is 5.56 Å². The van der Waals surface area contributed by atoms with E-state index in [1.807, 2.05) is 40.8 Å². The zero-order chi connectivity index (χ0) is 13.7. The standard InChI is InChI=1S/C15H7ClN4/c16-13-9-4-1-2-5-11(9)20-12-6-3-7-18-14(12)19-15(20)10(13)8-17/h1-7H. The van der Waals surface area contributed by atoms with E-state index in [9.17, 15) is 5.26 Å². The summed E-state index contributed by atoms with van der Waals surface area (Å²) < 4.78 is 1.93. The van der Waals surface area contributed by atoms with E-state index < -0.39 is 0 Å². The van der Waals surface area contributed by atoms with Gasteiger partial charge in [-0.15, -0.1) is 0 Å². The Morgan fingerprint density at radius 1 is 1.10 bits per heavy atom. The van der Waals surface area contributed by atoms with Gasteiger partial charge in [0, 0.05) is 11.6 Å². The van der Waals surface area contributed by atoms with Gasteiger partial charge in [0.1, 0.15) is 11.6 Å². The second-order valence-electron chi connectivity index (χ2n) is 4.43. The fourth-order valence-electron chi connectivity index (χ4n) is 2.51. The van der Waals surface area contributed by atoms with E-state index in [1.165, 1.54) is 0 Å². The molecular weight excluding hydrogens is 272 g/mol. The molecule has 0 amide bonds. The molecule has 0 aliphatic heterocycles. The number of pyridine rings is 2. The predicted octanol–water partition coefficient (Wildman–Crippen LogP) is 3.56. The zero-order valence-corrected chi connectivity index (χ0v) is 11.0. The highest BCUT2D eigenvalue weighted by atomic mass is 35.5. The van der Waals surface area contributed by atoms with Crippen molar-refractivity contribution in [1.29, 1.82) is 5.26 Å². The first-order chi connectivity index (χ1) is 9.81. The first-order valence-corrected chi connectivity index (χ1v) is 6.42. The molecule has 3 aromatic heterocycles. The quantitative estimate of drug-likeness (QED) is 0.494. The van der Waals surface area contributed by atoms with E-state index in [0.29, 0.717) is 21.9 Å². The number of hydrogen-bond donors (Lipinski definition) is 0. The summed E-state index contributed by atoms with van der Waals surface area (Å²) >= 11 is 6.35. The van der Waals surface area contributed by atoms with Crippen LogP contribution >= 0.6 is 11.6 Å². The summed E-state index contributed by atoms with van der Waals surface area (Å²) in [7, 11) is 0. The van der Waals surface area contributed by atoms with Gasteiger partial charge in [0.25, 0.3) is 0 Å². The molecule has 0 fully saturated rings. The highest BCUT2D eigenvalue weighted by molar-refractivity contribution is 6.37. The van der Waals surface area contributed by atoms with E-state index in [1.54, 1.807) is 6.20 Å². The summed E-state index contributed by atoms with van der Waals surface area (Å²) in [6, 6.07) is 13.6. The van der Waals surface area contributed by atoms with Gasteiger partial charge in [-0.2, -0.15) is 5.26 Å². The lowest BCUT2D eigenvalue weighted by molar-refractivity contribution is 1.28. The van der Waals surface area contributed by atoms with Crippen LogP contribution in [0.2, 0.25) is 5.02 Å². The maximum absolute atomic E-state index is 9.39. The molecule has 0 radical (unpaired) electrons. The first kappa shape index (κ1) is 11.2. The van der Waals surface area contributed by atoms with E-state index >= 15 is 0 Å². The molecule has 0 bridgehead atoms. The molecule has 0 saturated carbocycles. The third kappa shape index (κ3) is 1.30. The Morgan fingerprint density at radius 3 is 2.75 bits per heavy atom. The van der Waals surface area contributed by atoms with Crippen LogP contribution in [0.5, 0.6) is 0 Å². The molecule has 4 aromatic rings. The minimum atomic E-state index is 0.378. The lowest BCUT2D eigenvalue weighted by atomic mass is 10.1. The van der Waals surface area contributed by atoms with E-state index in [4.69, 9.17) is 11.6 Å². The Kier molecular flexibility index (Phi) is 2.20. The Bertz CT molecular complexity index is 1030. The SMILES string of the molecule is N#Cc1c(Cl)c2ccccc2n2c1nc1ncccc12. The van der Waals surface area contributed by atoms with Crippen molar-refractivity contribution < 1.29 is 0 Å². The van der Waals surface area contributed by atoms with Gasteiger partial charge >= 0.3 is 0 Å².